The zero-order chi connectivity index (χ0) is 22.7. The molecule has 0 fully saturated rings. The Morgan fingerprint density at radius 3 is 2.47 bits per heavy atom. The van der Waals surface area contributed by atoms with Gasteiger partial charge in [0.25, 0.3) is 5.56 Å². The van der Waals surface area contributed by atoms with Gasteiger partial charge in [-0.1, -0.05) is 54.1 Å². The zero-order valence-electron chi connectivity index (χ0n) is 17.5. The van der Waals surface area contributed by atoms with Crippen LogP contribution in [-0.2, 0) is 24.3 Å². The van der Waals surface area contributed by atoms with Crippen LogP contribution in [-0.4, -0.2) is 15.0 Å². The van der Waals surface area contributed by atoms with Crippen molar-refractivity contribution in [3.8, 4) is 0 Å². The van der Waals surface area contributed by atoms with Crippen LogP contribution in [0.5, 0.6) is 0 Å². The van der Waals surface area contributed by atoms with Gasteiger partial charge in [-0.05, 0) is 43.2 Å². The number of carbonyl (C=O) groups excluding carboxylic acids is 1. The van der Waals surface area contributed by atoms with Crippen LogP contribution in [0.4, 0.5) is 10.1 Å². The molecule has 1 amide bonds. The molecule has 1 heterocycles. The van der Waals surface area contributed by atoms with Crippen molar-refractivity contribution in [3.05, 3.63) is 111 Å². The minimum atomic E-state index is -0.579. The molecule has 0 atom stereocenters. The lowest BCUT2D eigenvalue weighted by Crippen LogP contribution is -2.42. The molecule has 1 N–H and O–H groups in total. The second kappa shape index (κ2) is 9.01. The third kappa shape index (κ3) is 4.37. The Morgan fingerprint density at radius 2 is 1.69 bits per heavy atom. The van der Waals surface area contributed by atoms with Crippen molar-refractivity contribution in [2.75, 3.05) is 5.32 Å². The molecular formula is C25H22FN3O3. The number of carbonyl (C=O) groups is 1. The first-order chi connectivity index (χ1) is 15.4. The molecule has 162 valence electrons. The highest BCUT2D eigenvalue weighted by Gasteiger charge is 2.16. The van der Waals surface area contributed by atoms with Gasteiger partial charge in [0.05, 0.1) is 16.6 Å². The number of nitrogens with zero attached hydrogens (tertiary/aromatic N) is 2. The van der Waals surface area contributed by atoms with Gasteiger partial charge in [-0.15, -0.1) is 0 Å². The summed E-state index contributed by atoms with van der Waals surface area (Å²) in [5.41, 5.74) is 1.51. The zero-order valence-corrected chi connectivity index (χ0v) is 17.5. The summed E-state index contributed by atoms with van der Waals surface area (Å²) in [5.74, 6) is -1.13. The second-order valence-electron chi connectivity index (χ2n) is 7.61. The summed E-state index contributed by atoms with van der Waals surface area (Å²) in [7, 11) is 0. The summed E-state index contributed by atoms with van der Waals surface area (Å²) in [4.78, 5) is 38.8. The Hall–Kier alpha value is -4.00. The molecule has 0 spiro atoms. The number of rotatable bonds is 6. The summed E-state index contributed by atoms with van der Waals surface area (Å²) in [6.45, 7) is 1.81. The molecule has 0 saturated heterocycles. The first-order valence-electron chi connectivity index (χ1n) is 10.3. The first-order valence-corrected chi connectivity index (χ1v) is 10.3. The standard InChI is InChI=1S/C25H22FN3O3/c1-17-7-6-8-18(15-17)13-14-28-24(31)19-9-2-5-12-22(19)29(25(28)32)16-23(30)27-21-11-4-3-10-20(21)26/h2-12,15H,13-14,16H2,1H3,(H,27,30). The van der Waals surface area contributed by atoms with Gasteiger partial charge in [-0.25, -0.2) is 9.18 Å². The Bertz CT molecular complexity index is 1420. The number of para-hydroxylation sites is 2. The fourth-order valence-corrected chi connectivity index (χ4v) is 3.73. The molecule has 4 aromatic rings. The number of benzene rings is 3. The minimum absolute atomic E-state index is 0.0302. The van der Waals surface area contributed by atoms with Crippen molar-refractivity contribution in [1.29, 1.82) is 0 Å². The van der Waals surface area contributed by atoms with Gasteiger partial charge < -0.3 is 5.32 Å². The topological polar surface area (TPSA) is 73.1 Å². The van der Waals surface area contributed by atoms with E-state index in [2.05, 4.69) is 5.32 Å². The second-order valence-corrected chi connectivity index (χ2v) is 7.61. The predicted octanol–water partition coefficient (Wildman–Crippen LogP) is 3.49. The largest absolute Gasteiger partial charge is 0.331 e. The van der Waals surface area contributed by atoms with E-state index in [1.807, 2.05) is 31.2 Å². The monoisotopic (exact) mass is 431 g/mol. The van der Waals surface area contributed by atoms with E-state index in [4.69, 9.17) is 0 Å². The molecule has 1 aromatic heterocycles. The Morgan fingerprint density at radius 1 is 0.938 bits per heavy atom. The lowest BCUT2D eigenvalue weighted by molar-refractivity contribution is -0.116. The molecule has 4 rings (SSSR count). The summed E-state index contributed by atoms with van der Waals surface area (Å²) < 4.78 is 16.3. The number of amides is 1. The van der Waals surface area contributed by atoms with Gasteiger partial charge in [-0.3, -0.25) is 18.7 Å². The van der Waals surface area contributed by atoms with E-state index in [0.29, 0.717) is 17.3 Å². The number of aromatic nitrogens is 2. The Kier molecular flexibility index (Phi) is 5.98. The molecule has 0 aliphatic rings. The number of anilines is 1. The lowest BCUT2D eigenvalue weighted by Gasteiger charge is -2.14. The smallest absolute Gasteiger partial charge is 0.322 e. The van der Waals surface area contributed by atoms with Gasteiger partial charge in [0, 0.05) is 6.54 Å². The number of hydrogen-bond donors (Lipinski definition) is 1. The van der Waals surface area contributed by atoms with E-state index < -0.39 is 23.0 Å². The van der Waals surface area contributed by atoms with Crippen molar-refractivity contribution in [2.45, 2.75) is 26.4 Å². The SMILES string of the molecule is Cc1cccc(CCn2c(=O)c3ccccc3n(CC(=O)Nc3ccccc3F)c2=O)c1. The number of aryl methyl sites for hydroxylation is 2. The molecule has 0 bridgehead atoms. The maximum absolute atomic E-state index is 13.9. The molecule has 6 nitrogen and oxygen atoms in total. The highest BCUT2D eigenvalue weighted by molar-refractivity contribution is 5.91. The third-order valence-electron chi connectivity index (χ3n) is 5.29. The number of nitrogens with one attached hydrogen (secondary N) is 1. The van der Waals surface area contributed by atoms with Crippen LogP contribution in [0.3, 0.4) is 0 Å². The van der Waals surface area contributed by atoms with Crippen LogP contribution in [0.25, 0.3) is 10.9 Å². The van der Waals surface area contributed by atoms with E-state index in [1.165, 1.54) is 22.8 Å². The average Bonchev–Trinajstić information content (AvgIpc) is 2.78. The average molecular weight is 431 g/mol. The minimum Gasteiger partial charge on any atom is -0.322 e. The van der Waals surface area contributed by atoms with Crippen molar-refractivity contribution in [1.82, 2.24) is 9.13 Å². The van der Waals surface area contributed by atoms with Crippen LogP contribution in [0.15, 0.2) is 82.4 Å². The molecule has 7 heteroatoms. The molecular weight excluding hydrogens is 409 g/mol. The normalized spacial score (nSPS) is 10.9. The van der Waals surface area contributed by atoms with Crippen molar-refractivity contribution in [2.24, 2.45) is 0 Å². The van der Waals surface area contributed by atoms with Gasteiger partial charge in [-0.2, -0.15) is 0 Å². The first kappa shape index (κ1) is 21.2. The number of halogens is 1. The molecule has 0 unspecified atom stereocenters. The van der Waals surface area contributed by atoms with E-state index in [9.17, 15) is 18.8 Å². The molecule has 3 aromatic carbocycles. The fourth-order valence-electron chi connectivity index (χ4n) is 3.73. The molecule has 0 aliphatic carbocycles. The van der Waals surface area contributed by atoms with E-state index >= 15 is 0 Å². The Balaban J connectivity index is 1.70. The van der Waals surface area contributed by atoms with Crippen molar-refractivity contribution >= 4 is 22.5 Å². The van der Waals surface area contributed by atoms with Gasteiger partial charge in [0.1, 0.15) is 12.4 Å². The molecule has 32 heavy (non-hydrogen) atoms. The van der Waals surface area contributed by atoms with E-state index in [1.54, 1.807) is 30.3 Å². The molecule has 0 radical (unpaired) electrons. The summed E-state index contributed by atoms with van der Waals surface area (Å²) >= 11 is 0. The predicted molar refractivity (Wildman–Crippen MR) is 122 cm³/mol. The van der Waals surface area contributed by atoms with Crippen molar-refractivity contribution in [3.63, 3.8) is 0 Å². The maximum Gasteiger partial charge on any atom is 0.331 e. The Labute approximate surface area is 183 Å². The van der Waals surface area contributed by atoms with Gasteiger partial charge in [0.2, 0.25) is 5.91 Å². The van der Waals surface area contributed by atoms with Crippen LogP contribution in [0.2, 0.25) is 0 Å². The summed E-state index contributed by atoms with van der Waals surface area (Å²) in [6.07, 6.45) is 0.497. The van der Waals surface area contributed by atoms with Crippen LogP contribution in [0, 0.1) is 12.7 Å². The summed E-state index contributed by atoms with van der Waals surface area (Å²) in [5, 5.41) is 2.83. The maximum atomic E-state index is 13.9. The van der Waals surface area contributed by atoms with Crippen LogP contribution >= 0.6 is 0 Å². The molecule has 0 aliphatic heterocycles. The van der Waals surface area contributed by atoms with Gasteiger partial charge >= 0.3 is 5.69 Å². The van der Waals surface area contributed by atoms with Crippen molar-refractivity contribution < 1.29 is 9.18 Å². The molecule has 0 saturated carbocycles. The van der Waals surface area contributed by atoms with E-state index in [0.717, 1.165) is 15.7 Å². The van der Waals surface area contributed by atoms with E-state index in [-0.39, 0.29) is 18.8 Å². The lowest BCUT2D eigenvalue weighted by atomic mass is 10.1. The fraction of sp³-hybridized carbons (Fsp3) is 0.160. The quantitative estimate of drug-likeness (QED) is 0.508. The highest BCUT2D eigenvalue weighted by atomic mass is 19.1. The highest BCUT2D eigenvalue weighted by Crippen LogP contribution is 2.13. The third-order valence-corrected chi connectivity index (χ3v) is 5.29. The van der Waals surface area contributed by atoms with Gasteiger partial charge in [0.15, 0.2) is 0 Å². The number of fused-ring (bicyclic) bond motifs is 1. The van der Waals surface area contributed by atoms with Crippen LogP contribution in [0.1, 0.15) is 11.1 Å². The number of hydrogen-bond acceptors (Lipinski definition) is 3. The summed E-state index contributed by atoms with van der Waals surface area (Å²) in [6, 6.07) is 20.3. The van der Waals surface area contributed by atoms with Crippen LogP contribution < -0.4 is 16.6 Å².